The van der Waals surface area contributed by atoms with E-state index in [4.69, 9.17) is 0 Å². The summed E-state index contributed by atoms with van der Waals surface area (Å²) in [5, 5.41) is 14.7. The predicted molar refractivity (Wildman–Crippen MR) is 110 cm³/mol. The molecule has 1 aromatic heterocycles. The summed E-state index contributed by atoms with van der Waals surface area (Å²) in [4.78, 5) is 16.8. The lowest BCUT2D eigenvalue weighted by Gasteiger charge is -2.27. The Kier molecular flexibility index (Phi) is 4.45. The molecule has 0 bridgehead atoms. The van der Waals surface area contributed by atoms with Crippen molar-refractivity contribution >= 4 is 34.4 Å². The lowest BCUT2D eigenvalue weighted by molar-refractivity contribution is 0.242. The molecule has 138 valence electrons. The highest BCUT2D eigenvalue weighted by Gasteiger charge is 2.24. The largest absolute Gasteiger partial charge is 0.359 e. The molecule has 4 N–H and O–H groups in total. The van der Waals surface area contributed by atoms with Crippen molar-refractivity contribution in [1.82, 2.24) is 10.3 Å². The van der Waals surface area contributed by atoms with Crippen molar-refractivity contribution in [3.05, 3.63) is 70.7 Å². The molecule has 2 heterocycles. The number of rotatable bonds is 4. The van der Waals surface area contributed by atoms with Crippen molar-refractivity contribution in [2.75, 3.05) is 16.0 Å². The Bertz CT molecular complexity index is 940. The first kappa shape index (κ1) is 17.4. The molecule has 1 aliphatic rings. The molecule has 6 nitrogen and oxygen atoms in total. The fraction of sp³-hybridized carbons (Fsp3) is 0.200. The number of benzene rings is 2. The summed E-state index contributed by atoms with van der Waals surface area (Å²) in [5.41, 5.74) is 5.99. The van der Waals surface area contributed by atoms with Gasteiger partial charge in [-0.15, -0.1) is 11.3 Å². The lowest BCUT2D eigenvalue weighted by atomic mass is 9.95. The van der Waals surface area contributed by atoms with E-state index in [0.717, 1.165) is 28.3 Å². The fourth-order valence-corrected chi connectivity index (χ4v) is 3.68. The Morgan fingerprint density at radius 2 is 1.89 bits per heavy atom. The van der Waals surface area contributed by atoms with Crippen molar-refractivity contribution in [1.29, 1.82) is 0 Å². The van der Waals surface area contributed by atoms with Gasteiger partial charge in [-0.1, -0.05) is 30.3 Å². The van der Waals surface area contributed by atoms with E-state index in [1.807, 2.05) is 73.3 Å². The maximum Gasteiger partial charge on any atom is 0.319 e. The maximum atomic E-state index is 12.5. The van der Waals surface area contributed by atoms with E-state index in [9.17, 15) is 4.79 Å². The van der Waals surface area contributed by atoms with E-state index >= 15 is 0 Å². The zero-order valence-corrected chi connectivity index (χ0v) is 15.9. The first-order chi connectivity index (χ1) is 13.0. The third-order valence-corrected chi connectivity index (χ3v) is 5.15. The van der Waals surface area contributed by atoms with Crippen LogP contribution in [0.1, 0.15) is 31.3 Å². The van der Waals surface area contributed by atoms with Crippen molar-refractivity contribution < 1.29 is 4.79 Å². The van der Waals surface area contributed by atoms with Crippen LogP contribution in [-0.2, 0) is 5.54 Å². The van der Waals surface area contributed by atoms with Crippen LogP contribution in [0, 0.1) is 0 Å². The van der Waals surface area contributed by atoms with Crippen LogP contribution in [0.4, 0.5) is 21.9 Å². The molecule has 0 aliphatic carbocycles. The van der Waals surface area contributed by atoms with Gasteiger partial charge < -0.3 is 21.3 Å². The number of fused-ring (bicyclic) bond motifs is 1. The van der Waals surface area contributed by atoms with Gasteiger partial charge in [0.2, 0.25) is 0 Å². The summed E-state index contributed by atoms with van der Waals surface area (Å²) < 4.78 is 0. The number of nitrogens with zero attached hydrogens (tertiary/aromatic N) is 1. The van der Waals surface area contributed by atoms with Gasteiger partial charge in [0.1, 0.15) is 6.17 Å². The molecule has 0 spiro atoms. The Hall–Kier alpha value is -3.06. The molecule has 1 atom stereocenters. The lowest BCUT2D eigenvalue weighted by Crippen LogP contribution is -2.43. The second-order valence-corrected chi connectivity index (χ2v) is 7.68. The average molecular weight is 379 g/mol. The van der Waals surface area contributed by atoms with Crippen LogP contribution in [-0.4, -0.2) is 11.0 Å². The summed E-state index contributed by atoms with van der Waals surface area (Å²) in [6.07, 6.45) is -0.0488. The van der Waals surface area contributed by atoms with Gasteiger partial charge in [-0.2, -0.15) is 0 Å². The maximum absolute atomic E-state index is 12.5. The van der Waals surface area contributed by atoms with Crippen molar-refractivity contribution in [3.8, 4) is 0 Å². The molecule has 4 rings (SSSR count). The normalized spacial score (nSPS) is 15.4. The number of carbonyl (C=O) groups is 1. The van der Waals surface area contributed by atoms with Crippen LogP contribution in [0.15, 0.2) is 59.4 Å². The first-order valence-electron chi connectivity index (χ1n) is 8.71. The number of carbonyl (C=O) groups excluding carboxylic acids is 1. The van der Waals surface area contributed by atoms with Gasteiger partial charge in [0.05, 0.1) is 28.1 Å². The number of aromatic nitrogens is 1. The highest BCUT2D eigenvalue weighted by Crippen LogP contribution is 2.36. The number of hydrogen-bond acceptors (Lipinski definition) is 5. The van der Waals surface area contributed by atoms with E-state index in [1.54, 1.807) is 11.3 Å². The zero-order valence-electron chi connectivity index (χ0n) is 15.1. The molecule has 2 amide bonds. The van der Waals surface area contributed by atoms with Gasteiger partial charge in [-0.3, -0.25) is 0 Å². The summed E-state index contributed by atoms with van der Waals surface area (Å²) >= 11 is 1.56. The number of amides is 2. The van der Waals surface area contributed by atoms with E-state index < -0.39 is 5.54 Å². The molecule has 0 saturated carbocycles. The molecule has 0 saturated heterocycles. The van der Waals surface area contributed by atoms with Crippen LogP contribution in [0.5, 0.6) is 0 Å². The number of thiazole rings is 1. The molecule has 0 fully saturated rings. The average Bonchev–Trinajstić information content (AvgIpc) is 3.31. The standard InChI is InChI=1S/C20H21N5OS/c1-20(2,13-6-4-3-5-7-13)25-19(26)22-14-8-9-15-16(10-14)24-18(23-15)17-11-27-12-21-17/h3-12,18,23-24H,1-2H3,(H2,22,25,26). The van der Waals surface area contributed by atoms with Gasteiger partial charge in [0.15, 0.2) is 0 Å². The van der Waals surface area contributed by atoms with Crippen molar-refractivity contribution in [2.24, 2.45) is 0 Å². The van der Waals surface area contributed by atoms with Crippen LogP contribution < -0.4 is 21.3 Å². The number of urea groups is 1. The minimum Gasteiger partial charge on any atom is -0.359 e. The number of hydrogen-bond donors (Lipinski definition) is 4. The minimum atomic E-state index is -0.475. The van der Waals surface area contributed by atoms with Crippen LogP contribution in [0.25, 0.3) is 0 Å². The van der Waals surface area contributed by atoms with Crippen molar-refractivity contribution in [3.63, 3.8) is 0 Å². The predicted octanol–water partition coefficient (Wildman–Crippen LogP) is 4.74. The van der Waals surface area contributed by atoms with Gasteiger partial charge >= 0.3 is 6.03 Å². The highest BCUT2D eigenvalue weighted by molar-refractivity contribution is 7.07. The second kappa shape index (κ2) is 6.92. The van der Waals surface area contributed by atoms with E-state index in [1.165, 1.54) is 0 Å². The van der Waals surface area contributed by atoms with Gasteiger partial charge in [-0.25, -0.2) is 9.78 Å². The molecule has 27 heavy (non-hydrogen) atoms. The summed E-state index contributed by atoms with van der Waals surface area (Å²) in [6.45, 7) is 3.96. The summed E-state index contributed by atoms with van der Waals surface area (Å²) in [5.74, 6) is 0. The smallest absolute Gasteiger partial charge is 0.319 e. The van der Waals surface area contributed by atoms with Gasteiger partial charge in [-0.05, 0) is 37.6 Å². The van der Waals surface area contributed by atoms with E-state index in [-0.39, 0.29) is 12.2 Å². The number of nitrogens with one attached hydrogen (secondary N) is 4. The van der Waals surface area contributed by atoms with E-state index in [2.05, 4.69) is 26.3 Å². The van der Waals surface area contributed by atoms with Gasteiger partial charge in [0.25, 0.3) is 0 Å². The Labute approximate surface area is 162 Å². The monoisotopic (exact) mass is 379 g/mol. The number of anilines is 3. The van der Waals surface area contributed by atoms with Crippen LogP contribution >= 0.6 is 11.3 Å². The third kappa shape index (κ3) is 3.73. The zero-order chi connectivity index (χ0) is 18.9. The molecular weight excluding hydrogens is 358 g/mol. The second-order valence-electron chi connectivity index (χ2n) is 6.97. The molecule has 1 unspecified atom stereocenters. The Morgan fingerprint density at radius 1 is 1.11 bits per heavy atom. The van der Waals surface area contributed by atoms with E-state index in [0.29, 0.717) is 0 Å². The quantitative estimate of drug-likeness (QED) is 0.528. The summed E-state index contributed by atoms with van der Waals surface area (Å²) in [6, 6.07) is 15.4. The van der Waals surface area contributed by atoms with Crippen molar-refractivity contribution in [2.45, 2.75) is 25.6 Å². The highest BCUT2D eigenvalue weighted by atomic mass is 32.1. The summed E-state index contributed by atoms with van der Waals surface area (Å²) in [7, 11) is 0. The third-order valence-electron chi connectivity index (χ3n) is 4.55. The van der Waals surface area contributed by atoms with Crippen LogP contribution in [0.2, 0.25) is 0 Å². The first-order valence-corrected chi connectivity index (χ1v) is 9.65. The topological polar surface area (TPSA) is 78.1 Å². The molecule has 2 aromatic carbocycles. The molecule has 1 aliphatic heterocycles. The van der Waals surface area contributed by atoms with Gasteiger partial charge in [0, 0.05) is 11.1 Å². The van der Waals surface area contributed by atoms with Crippen LogP contribution in [0.3, 0.4) is 0 Å². The molecule has 7 heteroatoms. The Morgan fingerprint density at radius 3 is 2.63 bits per heavy atom. The Balaban J connectivity index is 1.42. The molecular formula is C20H21N5OS. The molecule has 3 aromatic rings. The fourth-order valence-electron chi connectivity index (χ4n) is 3.10. The molecule has 0 radical (unpaired) electrons. The minimum absolute atomic E-state index is 0.0488. The SMILES string of the molecule is CC(C)(NC(=O)Nc1ccc2c(c1)NC(c1cscn1)N2)c1ccccc1.